The summed E-state index contributed by atoms with van der Waals surface area (Å²) in [5.74, 6) is 0. The molecule has 348 valence electrons. The molecule has 0 fully saturated rings. The van der Waals surface area contributed by atoms with Gasteiger partial charge in [-0.25, -0.2) is 0 Å². The molecule has 6 bridgehead atoms. The fourth-order valence-electron chi connectivity index (χ4n) is 9.00. The zero-order chi connectivity index (χ0) is 48.6. The van der Waals surface area contributed by atoms with Crippen LogP contribution in [0.25, 0.3) is 0 Å². The van der Waals surface area contributed by atoms with Crippen LogP contribution in [-0.4, -0.2) is 37.3 Å². The molecule has 4 heterocycles. The lowest BCUT2D eigenvalue weighted by Crippen LogP contribution is -2.09. The predicted molar refractivity (Wildman–Crippen MR) is 300 cm³/mol. The summed E-state index contributed by atoms with van der Waals surface area (Å²) in [6.45, 7) is 0. The molecule has 0 radical (unpaired) electrons. The second kappa shape index (κ2) is 23.5. The van der Waals surface area contributed by atoms with Crippen molar-refractivity contribution in [1.82, 2.24) is 0 Å². The van der Waals surface area contributed by atoms with Gasteiger partial charge in [-0.15, -0.1) is 0 Å². The van der Waals surface area contributed by atoms with Crippen LogP contribution >= 0.6 is 0 Å². The minimum atomic E-state index is -0.298. The van der Waals surface area contributed by atoms with E-state index in [1.54, 1.807) is 0 Å². The molecule has 6 atom stereocenters. The summed E-state index contributed by atoms with van der Waals surface area (Å²) in [4.78, 5) is 31.9. The lowest BCUT2D eigenvalue weighted by Gasteiger charge is -2.22. The van der Waals surface area contributed by atoms with Crippen molar-refractivity contribution >= 4 is 37.3 Å². The van der Waals surface area contributed by atoms with E-state index in [-0.39, 0.29) is 36.3 Å². The first kappa shape index (κ1) is 46.7. The van der Waals surface area contributed by atoms with E-state index in [9.17, 15) is 0 Å². The smallest absolute Gasteiger partial charge is 0.101 e. The van der Waals surface area contributed by atoms with Crippen LogP contribution in [0.5, 0.6) is 0 Å². The van der Waals surface area contributed by atoms with Gasteiger partial charge in [-0.3, -0.25) is 30.0 Å². The third kappa shape index (κ3) is 12.0. The van der Waals surface area contributed by atoms with Crippen LogP contribution in [-0.2, 0) is 0 Å². The fourth-order valence-corrected chi connectivity index (χ4v) is 9.00. The van der Waals surface area contributed by atoms with Gasteiger partial charge in [-0.05, 0) is 66.8 Å². The molecule has 13 rings (SSSR count). The highest BCUT2D eigenvalue weighted by atomic mass is 14.9. The van der Waals surface area contributed by atoms with Crippen molar-refractivity contribution < 1.29 is 0 Å². The van der Waals surface area contributed by atoms with Gasteiger partial charge in [0.25, 0.3) is 0 Å². The van der Waals surface area contributed by atoms with Gasteiger partial charge in [-0.2, -0.15) is 0 Å². The van der Waals surface area contributed by atoms with Crippen LogP contribution in [0.1, 0.15) is 103 Å². The monoisotopic (exact) mass is 930 g/mol. The molecule has 0 amide bonds. The number of hydrogen-bond donors (Lipinski definition) is 0. The Kier molecular flexibility index (Phi) is 15.3. The molecule has 4 aliphatic heterocycles. The predicted octanol–water partition coefficient (Wildman–Crippen LogP) is 15.1. The molecule has 0 saturated heterocycles. The van der Waals surface area contributed by atoms with Gasteiger partial charge < -0.3 is 0 Å². The molecule has 0 unspecified atom stereocenters. The minimum absolute atomic E-state index is 0.298. The molecule has 4 aliphatic rings. The summed E-state index contributed by atoms with van der Waals surface area (Å²) in [5.41, 5.74) is 12.3. The average Bonchev–Trinajstić information content (AvgIpc) is 3.45. The topological polar surface area (TPSA) is 74.2 Å². The molecular weight excluding hydrogens is 877 g/mol. The highest BCUT2D eigenvalue weighted by Gasteiger charge is 2.26. The molecule has 0 N–H and O–H groups in total. The van der Waals surface area contributed by atoms with Crippen LogP contribution < -0.4 is 0 Å². The number of benzene rings is 9. The summed E-state index contributed by atoms with van der Waals surface area (Å²) < 4.78 is 0. The lowest BCUT2D eigenvalue weighted by molar-refractivity contribution is 0.583. The van der Waals surface area contributed by atoms with Gasteiger partial charge >= 0.3 is 0 Å². The van der Waals surface area contributed by atoms with E-state index in [1.807, 2.05) is 73.7 Å². The summed E-state index contributed by atoms with van der Waals surface area (Å²) in [6, 6.07) is 86.0. The van der Waals surface area contributed by atoms with Crippen LogP contribution in [0.4, 0.5) is 0 Å². The number of nitrogens with zero attached hydrogens (tertiary/aromatic N) is 6. The Balaban J connectivity index is 1.08. The first-order chi connectivity index (χ1) is 35.7. The van der Waals surface area contributed by atoms with Crippen molar-refractivity contribution in [2.75, 3.05) is 0 Å². The Bertz CT molecular complexity index is 2680. The largest absolute Gasteiger partial charge is 0.282 e. The number of aliphatic imine (C=N–C) groups is 6. The first-order valence-electron chi connectivity index (χ1n) is 24.5. The molecule has 6 nitrogen and oxygen atoms in total. The van der Waals surface area contributed by atoms with E-state index in [4.69, 9.17) is 30.0 Å². The molecule has 6 heteroatoms. The number of fused-ring (bicyclic) bond motifs is 3. The number of rotatable bonds is 6. The summed E-state index contributed by atoms with van der Waals surface area (Å²) >= 11 is 0. The van der Waals surface area contributed by atoms with Crippen molar-refractivity contribution in [1.29, 1.82) is 0 Å². The summed E-state index contributed by atoms with van der Waals surface area (Å²) in [6.07, 6.45) is 11.8. The SMILES string of the molecule is C1=N[C@@H](c2ccccc2)[C@H](c2ccccc2)N=Cc2ccc(cc2)C=N[C@@H](c2ccccc2)[C@H](c2ccccc2)N=Cc2ccc(cc2)C=N[C@@H](c2ccccc2)[C@H](c2ccccc2)N=Cc2ccc1cc2. The summed E-state index contributed by atoms with van der Waals surface area (Å²) in [7, 11) is 0. The summed E-state index contributed by atoms with van der Waals surface area (Å²) in [5, 5.41) is 0. The second-order valence-electron chi connectivity index (χ2n) is 17.8. The van der Waals surface area contributed by atoms with Crippen LogP contribution in [0.15, 0.2) is 285 Å². The number of hydrogen-bond acceptors (Lipinski definition) is 6. The van der Waals surface area contributed by atoms with Gasteiger partial charge in [0, 0.05) is 37.3 Å². The second-order valence-corrected chi connectivity index (χ2v) is 17.8. The fraction of sp³-hybridized carbons (Fsp3) is 0.0909. The van der Waals surface area contributed by atoms with E-state index in [1.165, 1.54) is 0 Å². The van der Waals surface area contributed by atoms with Crippen LogP contribution in [0.2, 0.25) is 0 Å². The van der Waals surface area contributed by atoms with Gasteiger partial charge in [0.15, 0.2) is 0 Å². The Morgan fingerprint density at radius 1 is 0.153 bits per heavy atom. The maximum Gasteiger partial charge on any atom is 0.101 e. The molecule has 0 spiro atoms. The van der Waals surface area contributed by atoms with E-state index in [0.717, 1.165) is 66.8 Å². The average molecular weight is 931 g/mol. The highest BCUT2D eigenvalue weighted by molar-refractivity contribution is 5.87. The molecule has 0 aliphatic carbocycles. The highest BCUT2D eigenvalue weighted by Crippen LogP contribution is 2.38. The molecule has 0 saturated carbocycles. The van der Waals surface area contributed by atoms with E-state index < -0.39 is 0 Å². The Hall–Kier alpha value is -9.00. The van der Waals surface area contributed by atoms with Gasteiger partial charge in [0.2, 0.25) is 0 Å². The maximum absolute atomic E-state index is 5.31. The zero-order valence-corrected chi connectivity index (χ0v) is 39.9. The van der Waals surface area contributed by atoms with Gasteiger partial charge in [0.05, 0.1) is 0 Å². The third-order valence-corrected chi connectivity index (χ3v) is 12.9. The first-order valence-corrected chi connectivity index (χ1v) is 24.5. The standard InChI is InChI=1S/C66H54N6/c1-7-19-55(20-8-1)61-62(56-21-9-2-10-22-56)68-44-50-35-37-52(38-36-50)46-70-65(59-27-15-5-16-28-59)66(60-29-17-6-18-30-60)72-48-54-41-39-53(40-42-54)47-71-64(58-25-13-4-14-26-58)63(57-23-11-3-12-24-57)69-45-51-33-31-49(32-34-51)43-67-61/h1-48,61-66H/t61-,62-,63-,64-,65-,66-/m0/s1. The minimum Gasteiger partial charge on any atom is -0.282 e. The molecule has 9 aromatic rings. The Labute approximate surface area is 423 Å². The van der Waals surface area contributed by atoms with Gasteiger partial charge in [-0.1, -0.05) is 255 Å². The van der Waals surface area contributed by atoms with Crippen molar-refractivity contribution in [3.05, 3.63) is 322 Å². The molecule has 0 aromatic heterocycles. The maximum atomic E-state index is 5.31. The van der Waals surface area contributed by atoms with Crippen molar-refractivity contribution in [3.63, 3.8) is 0 Å². The van der Waals surface area contributed by atoms with Crippen LogP contribution in [0.3, 0.4) is 0 Å². The zero-order valence-electron chi connectivity index (χ0n) is 39.9. The molecular formula is C66H54N6. The van der Waals surface area contributed by atoms with E-state index in [0.29, 0.717) is 0 Å². The Morgan fingerprint density at radius 2 is 0.278 bits per heavy atom. The van der Waals surface area contributed by atoms with Gasteiger partial charge in [0.1, 0.15) is 36.3 Å². The van der Waals surface area contributed by atoms with E-state index in [2.05, 4.69) is 218 Å². The molecule has 9 aromatic carbocycles. The quantitative estimate of drug-likeness (QED) is 0.159. The normalized spacial score (nSPS) is 19.3. The lowest BCUT2D eigenvalue weighted by atomic mass is 9.94. The van der Waals surface area contributed by atoms with Crippen LogP contribution in [0, 0.1) is 0 Å². The molecule has 72 heavy (non-hydrogen) atoms. The Morgan fingerprint density at radius 3 is 0.403 bits per heavy atom. The third-order valence-electron chi connectivity index (χ3n) is 12.9. The van der Waals surface area contributed by atoms with Crippen molar-refractivity contribution in [2.24, 2.45) is 30.0 Å². The van der Waals surface area contributed by atoms with E-state index >= 15 is 0 Å². The van der Waals surface area contributed by atoms with Crippen molar-refractivity contribution in [2.45, 2.75) is 36.3 Å². The van der Waals surface area contributed by atoms with Crippen molar-refractivity contribution in [3.8, 4) is 0 Å².